The molecule has 0 spiro atoms. The number of nitrogens with one attached hydrogen (secondary N) is 1. The van der Waals surface area contributed by atoms with E-state index in [0.29, 0.717) is 29.4 Å². The van der Waals surface area contributed by atoms with Crippen LogP contribution in [0, 0.1) is 5.41 Å². The second kappa shape index (κ2) is 5.85. The molecule has 112 valence electrons. The number of halogens is 1. The monoisotopic (exact) mass is 307 g/mol. The smallest absolute Gasteiger partial charge is 0.294 e. The number of aliphatic imine (C=N–C) groups is 1. The number of imide groups is 1. The van der Waals surface area contributed by atoms with Gasteiger partial charge in [-0.25, -0.2) is 9.79 Å². The van der Waals surface area contributed by atoms with Crippen LogP contribution in [0.25, 0.3) is 0 Å². The van der Waals surface area contributed by atoms with Crippen LogP contribution in [0.15, 0.2) is 29.3 Å². The molecule has 1 N–H and O–H groups in total. The molecular weight excluding hydrogens is 290 g/mol. The zero-order valence-electron chi connectivity index (χ0n) is 12.3. The van der Waals surface area contributed by atoms with E-state index in [2.05, 4.69) is 10.3 Å². The van der Waals surface area contributed by atoms with E-state index >= 15 is 0 Å². The summed E-state index contributed by atoms with van der Waals surface area (Å²) >= 11 is 6.11. The molecule has 0 aromatic heterocycles. The Morgan fingerprint density at radius 3 is 2.43 bits per heavy atom. The fourth-order valence-electron chi connectivity index (χ4n) is 2.50. The molecule has 2 rings (SSSR count). The summed E-state index contributed by atoms with van der Waals surface area (Å²) < 4.78 is 0. The van der Waals surface area contributed by atoms with Crippen molar-refractivity contribution in [2.75, 3.05) is 7.05 Å². The van der Waals surface area contributed by atoms with Gasteiger partial charge in [0.25, 0.3) is 0 Å². The third-order valence-corrected chi connectivity index (χ3v) is 4.31. The molecule has 1 fully saturated rings. The van der Waals surface area contributed by atoms with Crippen LogP contribution in [0.4, 0.5) is 10.5 Å². The van der Waals surface area contributed by atoms with Gasteiger partial charge in [-0.3, -0.25) is 15.0 Å². The Kier molecular flexibility index (Phi) is 4.32. The van der Waals surface area contributed by atoms with Gasteiger partial charge in [-0.1, -0.05) is 37.6 Å². The number of hydrogen-bond acceptors (Lipinski definition) is 3. The van der Waals surface area contributed by atoms with Gasteiger partial charge in [-0.15, -0.1) is 0 Å². The molecular formula is C15H18ClN3O2. The average Bonchev–Trinajstić information content (AvgIpc) is 2.48. The van der Waals surface area contributed by atoms with Crippen molar-refractivity contribution in [3.05, 3.63) is 29.3 Å². The summed E-state index contributed by atoms with van der Waals surface area (Å²) in [5.41, 5.74) is -0.278. The Hall–Kier alpha value is -1.88. The van der Waals surface area contributed by atoms with E-state index < -0.39 is 11.4 Å². The third kappa shape index (κ3) is 2.53. The molecule has 0 radical (unpaired) electrons. The number of para-hydroxylation sites is 1. The predicted octanol–water partition coefficient (Wildman–Crippen LogP) is 3.36. The Bertz CT molecular complexity index is 609. The first-order valence-corrected chi connectivity index (χ1v) is 7.27. The number of benzene rings is 1. The number of nitrogens with zero attached hydrogens (tertiary/aromatic N) is 2. The minimum absolute atomic E-state index is 0.234. The number of rotatable bonds is 3. The second-order valence-corrected chi connectivity index (χ2v) is 5.40. The number of carbonyl (C=O) groups is 2. The van der Waals surface area contributed by atoms with Gasteiger partial charge in [-0.2, -0.15) is 0 Å². The highest BCUT2D eigenvalue weighted by molar-refractivity contribution is 6.33. The standard InChI is InChI=1S/C15H18ClN3O2/c1-4-15(5-2)12(18-14(21)19(3)13(15)20)17-11-9-7-6-8-10(11)16/h6-9H,4-5H2,1-3H3,(H,17,18,21). The highest BCUT2D eigenvalue weighted by Gasteiger charge is 2.48. The van der Waals surface area contributed by atoms with Crippen molar-refractivity contribution in [2.24, 2.45) is 10.4 Å². The maximum Gasteiger partial charge on any atom is 0.329 e. The average molecular weight is 308 g/mol. The lowest BCUT2D eigenvalue weighted by Gasteiger charge is -2.39. The lowest BCUT2D eigenvalue weighted by molar-refractivity contribution is -0.135. The van der Waals surface area contributed by atoms with Crippen LogP contribution in [-0.2, 0) is 4.79 Å². The van der Waals surface area contributed by atoms with E-state index in [9.17, 15) is 9.59 Å². The number of urea groups is 1. The quantitative estimate of drug-likeness (QED) is 0.930. The van der Waals surface area contributed by atoms with Gasteiger partial charge >= 0.3 is 6.03 Å². The molecule has 1 aromatic carbocycles. The molecule has 0 aliphatic carbocycles. The topological polar surface area (TPSA) is 61.8 Å². The molecule has 1 aromatic rings. The number of carbonyl (C=O) groups excluding carboxylic acids is 2. The summed E-state index contributed by atoms with van der Waals surface area (Å²) in [6.45, 7) is 3.82. The van der Waals surface area contributed by atoms with E-state index in [1.165, 1.54) is 7.05 Å². The molecule has 21 heavy (non-hydrogen) atoms. The second-order valence-electron chi connectivity index (χ2n) is 5.00. The van der Waals surface area contributed by atoms with Crippen molar-refractivity contribution in [1.82, 2.24) is 10.2 Å². The summed E-state index contributed by atoms with van der Waals surface area (Å²) in [5, 5.41) is 3.20. The minimum Gasteiger partial charge on any atom is -0.294 e. The zero-order chi connectivity index (χ0) is 15.6. The van der Waals surface area contributed by atoms with Crippen LogP contribution < -0.4 is 5.32 Å². The molecule has 6 heteroatoms. The van der Waals surface area contributed by atoms with Crippen LogP contribution in [0.5, 0.6) is 0 Å². The molecule has 1 saturated heterocycles. The molecule has 1 aliphatic heterocycles. The first-order chi connectivity index (χ1) is 9.96. The summed E-state index contributed by atoms with van der Waals surface area (Å²) in [4.78, 5) is 30.0. The van der Waals surface area contributed by atoms with E-state index in [1.54, 1.807) is 18.2 Å². The lowest BCUT2D eigenvalue weighted by atomic mass is 9.78. The van der Waals surface area contributed by atoms with Crippen molar-refractivity contribution in [2.45, 2.75) is 26.7 Å². The van der Waals surface area contributed by atoms with Crippen LogP contribution in [0.2, 0.25) is 5.02 Å². The Morgan fingerprint density at radius 1 is 1.24 bits per heavy atom. The van der Waals surface area contributed by atoms with Gasteiger partial charge in [0, 0.05) is 7.05 Å². The highest BCUT2D eigenvalue weighted by atomic mass is 35.5. The Labute approximate surface area is 129 Å². The van der Waals surface area contributed by atoms with Gasteiger partial charge in [0.1, 0.15) is 11.3 Å². The summed E-state index contributed by atoms with van der Waals surface area (Å²) in [5.74, 6) is 0.135. The third-order valence-electron chi connectivity index (χ3n) is 3.99. The molecule has 0 bridgehead atoms. The van der Waals surface area contributed by atoms with Crippen LogP contribution >= 0.6 is 11.6 Å². The normalized spacial score (nSPS) is 19.8. The molecule has 5 nitrogen and oxygen atoms in total. The van der Waals surface area contributed by atoms with Crippen LogP contribution in [0.3, 0.4) is 0 Å². The number of hydrogen-bond donors (Lipinski definition) is 1. The first-order valence-electron chi connectivity index (χ1n) is 6.89. The SMILES string of the molecule is CCC1(CC)C(=O)N(C)C(=O)NC1=Nc1ccccc1Cl. The largest absolute Gasteiger partial charge is 0.329 e. The molecule has 0 saturated carbocycles. The van der Waals surface area contributed by atoms with Crippen molar-refractivity contribution in [1.29, 1.82) is 0 Å². The fourth-order valence-corrected chi connectivity index (χ4v) is 2.68. The first kappa shape index (κ1) is 15.5. The van der Waals surface area contributed by atoms with Crippen molar-refractivity contribution in [3.63, 3.8) is 0 Å². The highest BCUT2D eigenvalue weighted by Crippen LogP contribution is 2.35. The molecule has 0 unspecified atom stereocenters. The van der Waals surface area contributed by atoms with E-state index in [1.807, 2.05) is 19.9 Å². The fraction of sp³-hybridized carbons (Fsp3) is 0.400. The Balaban J connectivity index is 2.56. The minimum atomic E-state index is -0.818. The molecule has 1 heterocycles. The number of amides is 3. The van der Waals surface area contributed by atoms with Gasteiger partial charge in [-0.05, 0) is 25.0 Å². The molecule has 1 aliphatic rings. The molecule has 0 atom stereocenters. The van der Waals surface area contributed by atoms with Crippen molar-refractivity contribution < 1.29 is 9.59 Å². The summed E-state index contributed by atoms with van der Waals surface area (Å²) in [7, 11) is 1.48. The van der Waals surface area contributed by atoms with E-state index in [4.69, 9.17) is 11.6 Å². The Morgan fingerprint density at radius 2 is 1.86 bits per heavy atom. The summed E-state index contributed by atoms with van der Waals surface area (Å²) in [6, 6.07) is 6.61. The van der Waals surface area contributed by atoms with Gasteiger partial charge in [0.2, 0.25) is 5.91 Å². The zero-order valence-corrected chi connectivity index (χ0v) is 13.1. The van der Waals surface area contributed by atoms with Crippen molar-refractivity contribution in [3.8, 4) is 0 Å². The molecule has 3 amide bonds. The van der Waals surface area contributed by atoms with Gasteiger partial charge in [0.15, 0.2) is 0 Å². The van der Waals surface area contributed by atoms with Crippen LogP contribution in [0.1, 0.15) is 26.7 Å². The lowest BCUT2D eigenvalue weighted by Crippen LogP contribution is -2.62. The maximum absolute atomic E-state index is 12.6. The van der Waals surface area contributed by atoms with E-state index in [-0.39, 0.29) is 5.91 Å². The predicted molar refractivity (Wildman–Crippen MR) is 82.9 cm³/mol. The van der Waals surface area contributed by atoms with Gasteiger partial charge in [0.05, 0.1) is 10.7 Å². The summed E-state index contributed by atoms with van der Waals surface area (Å²) in [6.07, 6.45) is 1.10. The van der Waals surface area contributed by atoms with Gasteiger partial charge < -0.3 is 0 Å². The van der Waals surface area contributed by atoms with E-state index in [0.717, 1.165) is 4.90 Å². The van der Waals surface area contributed by atoms with Crippen LogP contribution in [-0.4, -0.2) is 29.7 Å². The number of amidine groups is 1. The van der Waals surface area contributed by atoms with Crippen molar-refractivity contribution >= 4 is 35.1 Å². The maximum atomic E-state index is 12.6.